The first-order valence-electron chi connectivity index (χ1n) is 8.35. The average Bonchev–Trinajstić information content (AvgIpc) is 2.96. The zero-order valence-corrected chi connectivity index (χ0v) is 12.5. The molecular weight excluding hydrogens is 238 g/mol. The third kappa shape index (κ3) is 5.80. The van der Waals surface area contributed by atoms with Crippen LogP contribution in [0.2, 0.25) is 0 Å². The van der Waals surface area contributed by atoms with Crippen LogP contribution in [0.3, 0.4) is 0 Å². The van der Waals surface area contributed by atoms with Gasteiger partial charge in [0.15, 0.2) is 0 Å². The van der Waals surface area contributed by atoms with Crippen LogP contribution in [-0.2, 0) is 9.47 Å². The zero-order valence-electron chi connectivity index (χ0n) is 12.5. The Kier molecular flexibility index (Phi) is 7.18. The normalized spacial score (nSPS) is 31.7. The van der Waals surface area contributed by atoms with Gasteiger partial charge >= 0.3 is 0 Å². The van der Waals surface area contributed by atoms with Crippen molar-refractivity contribution in [3.63, 3.8) is 0 Å². The highest BCUT2D eigenvalue weighted by Crippen LogP contribution is 2.22. The summed E-state index contributed by atoms with van der Waals surface area (Å²) in [4.78, 5) is 0. The van der Waals surface area contributed by atoms with Gasteiger partial charge in [-0.2, -0.15) is 0 Å². The van der Waals surface area contributed by atoms with E-state index in [9.17, 15) is 0 Å². The minimum Gasteiger partial charge on any atom is -0.378 e. The van der Waals surface area contributed by atoms with Crippen LogP contribution in [-0.4, -0.2) is 38.0 Å². The second kappa shape index (κ2) is 8.93. The van der Waals surface area contributed by atoms with Crippen LogP contribution in [0.15, 0.2) is 0 Å². The summed E-state index contributed by atoms with van der Waals surface area (Å²) in [6.07, 6.45) is 12.2. The van der Waals surface area contributed by atoms with E-state index in [1.54, 1.807) is 0 Å². The molecule has 0 aromatic rings. The summed E-state index contributed by atoms with van der Waals surface area (Å²) < 4.78 is 11.6. The van der Waals surface area contributed by atoms with Gasteiger partial charge in [-0.15, -0.1) is 0 Å². The Morgan fingerprint density at radius 1 is 1.16 bits per heavy atom. The zero-order chi connectivity index (χ0) is 13.3. The molecule has 2 rings (SSSR count). The van der Waals surface area contributed by atoms with Gasteiger partial charge in [-0.25, -0.2) is 0 Å². The summed E-state index contributed by atoms with van der Waals surface area (Å²) >= 11 is 0. The van der Waals surface area contributed by atoms with Crippen LogP contribution in [0.4, 0.5) is 0 Å². The first-order valence-corrected chi connectivity index (χ1v) is 8.35. The second-order valence-electron chi connectivity index (χ2n) is 6.08. The van der Waals surface area contributed by atoms with Gasteiger partial charge in [0, 0.05) is 19.3 Å². The summed E-state index contributed by atoms with van der Waals surface area (Å²) in [5.41, 5.74) is 0. The van der Waals surface area contributed by atoms with E-state index >= 15 is 0 Å². The maximum Gasteiger partial charge on any atom is 0.0576 e. The van der Waals surface area contributed by atoms with Gasteiger partial charge in [0.1, 0.15) is 0 Å². The fourth-order valence-electron chi connectivity index (χ4n) is 3.22. The molecule has 0 aromatic carbocycles. The van der Waals surface area contributed by atoms with Gasteiger partial charge in [-0.1, -0.05) is 6.92 Å². The van der Waals surface area contributed by atoms with Crippen molar-refractivity contribution >= 4 is 0 Å². The molecule has 3 nitrogen and oxygen atoms in total. The predicted octanol–water partition coefficient (Wildman–Crippen LogP) is 3.27. The van der Waals surface area contributed by atoms with Crippen molar-refractivity contribution in [3.05, 3.63) is 0 Å². The molecular formula is C16H31NO2. The van der Waals surface area contributed by atoms with Gasteiger partial charge in [0.05, 0.1) is 12.2 Å². The lowest BCUT2D eigenvalue weighted by atomic mass is 9.93. The van der Waals surface area contributed by atoms with Crippen LogP contribution in [0.25, 0.3) is 0 Å². The van der Waals surface area contributed by atoms with E-state index in [2.05, 4.69) is 12.2 Å². The molecule has 1 unspecified atom stereocenters. The molecule has 1 atom stereocenters. The molecule has 0 radical (unpaired) electrons. The monoisotopic (exact) mass is 269 g/mol. The number of hydrogen-bond acceptors (Lipinski definition) is 3. The van der Waals surface area contributed by atoms with Gasteiger partial charge < -0.3 is 14.8 Å². The summed E-state index contributed by atoms with van der Waals surface area (Å²) in [5.74, 6) is 0. The highest BCUT2D eigenvalue weighted by molar-refractivity contribution is 4.77. The van der Waals surface area contributed by atoms with Crippen molar-refractivity contribution in [2.24, 2.45) is 0 Å². The molecule has 1 aliphatic heterocycles. The number of rotatable bonds is 8. The van der Waals surface area contributed by atoms with Crippen molar-refractivity contribution in [1.29, 1.82) is 0 Å². The Labute approximate surface area is 118 Å². The molecule has 3 heteroatoms. The SMILES string of the molecule is CCCNC1CCC(OCCCC2CCCO2)CC1. The predicted molar refractivity (Wildman–Crippen MR) is 78.5 cm³/mol. The topological polar surface area (TPSA) is 30.5 Å². The number of hydrogen-bond donors (Lipinski definition) is 1. The standard InChI is InChI=1S/C16H31NO2/c1-2-11-17-14-7-9-16(10-8-14)19-13-4-6-15-5-3-12-18-15/h14-17H,2-13H2,1H3. The maximum absolute atomic E-state index is 6.01. The van der Waals surface area contributed by atoms with Crippen LogP contribution in [0.1, 0.15) is 64.7 Å². The Hall–Kier alpha value is -0.120. The van der Waals surface area contributed by atoms with Crippen LogP contribution in [0.5, 0.6) is 0 Å². The van der Waals surface area contributed by atoms with Gasteiger partial charge in [0.2, 0.25) is 0 Å². The Morgan fingerprint density at radius 2 is 2.00 bits per heavy atom. The third-order valence-corrected chi connectivity index (χ3v) is 4.41. The van der Waals surface area contributed by atoms with Gasteiger partial charge in [0.25, 0.3) is 0 Å². The molecule has 2 fully saturated rings. The van der Waals surface area contributed by atoms with E-state index in [-0.39, 0.29) is 0 Å². The minimum atomic E-state index is 0.518. The van der Waals surface area contributed by atoms with E-state index in [1.807, 2.05) is 0 Å². The van der Waals surface area contributed by atoms with Gasteiger partial charge in [-0.3, -0.25) is 0 Å². The lowest BCUT2D eigenvalue weighted by Gasteiger charge is -2.29. The van der Waals surface area contributed by atoms with Crippen LogP contribution >= 0.6 is 0 Å². The molecule has 19 heavy (non-hydrogen) atoms. The molecule has 2 aliphatic rings. The molecule has 1 heterocycles. The van der Waals surface area contributed by atoms with Crippen LogP contribution < -0.4 is 5.32 Å². The lowest BCUT2D eigenvalue weighted by molar-refractivity contribution is 0.0138. The third-order valence-electron chi connectivity index (χ3n) is 4.41. The van der Waals surface area contributed by atoms with Gasteiger partial charge in [-0.05, 0) is 64.3 Å². The van der Waals surface area contributed by atoms with Crippen LogP contribution in [0, 0.1) is 0 Å². The Morgan fingerprint density at radius 3 is 2.68 bits per heavy atom. The molecule has 112 valence electrons. The summed E-state index contributed by atoms with van der Waals surface area (Å²) in [6, 6.07) is 0.742. The summed E-state index contributed by atoms with van der Waals surface area (Å²) in [7, 11) is 0. The van der Waals surface area contributed by atoms with E-state index in [0.717, 1.165) is 25.8 Å². The summed E-state index contributed by atoms with van der Waals surface area (Å²) in [6.45, 7) is 5.30. The van der Waals surface area contributed by atoms with E-state index in [4.69, 9.17) is 9.47 Å². The maximum atomic E-state index is 6.01. The highest BCUT2D eigenvalue weighted by Gasteiger charge is 2.21. The van der Waals surface area contributed by atoms with E-state index < -0.39 is 0 Å². The molecule has 1 aliphatic carbocycles. The molecule has 1 saturated carbocycles. The fourth-order valence-corrected chi connectivity index (χ4v) is 3.22. The van der Waals surface area contributed by atoms with Crippen molar-refractivity contribution < 1.29 is 9.47 Å². The van der Waals surface area contributed by atoms with Crippen molar-refractivity contribution in [1.82, 2.24) is 5.32 Å². The first-order chi connectivity index (χ1) is 9.38. The highest BCUT2D eigenvalue weighted by atomic mass is 16.5. The molecule has 0 amide bonds. The molecule has 0 aromatic heterocycles. The lowest BCUT2D eigenvalue weighted by Crippen LogP contribution is -2.35. The van der Waals surface area contributed by atoms with Crippen molar-refractivity contribution in [3.8, 4) is 0 Å². The largest absolute Gasteiger partial charge is 0.378 e. The summed E-state index contributed by atoms with van der Waals surface area (Å²) in [5, 5.41) is 3.62. The molecule has 1 N–H and O–H groups in total. The molecule has 0 spiro atoms. The Bertz CT molecular complexity index is 221. The minimum absolute atomic E-state index is 0.518. The average molecular weight is 269 g/mol. The van der Waals surface area contributed by atoms with Crippen molar-refractivity contribution in [2.75, 3.05) is 19.8 Å². The van der Waals surface area contributed by atoms with Crippen molar-refractivity contribution in [2.45, 2.75) is 83.0 Å². The van der Waals surface area contributed by atoms with E-state index in [0.29, 0.717) is 12.2 Å². The second-order valence-corrected chi connectivity index (χ2v) is 6.08. The molecule has 0 bridgehead atoms. The Balaban J connectivity index is 1.46. The smallest absolute Gasteiger partial charge is 0.0576 e. The fraction of sp³-hybridized carbons (Fsp3) is 1.00. The molecule has 1 saturated heterocycles. The quantitative estimate of drug-likeness (QED) is 0.686. The van der Waals surface area contributed by atoms with E-state index in [1.165, 1.54) is 57.8 Å². The number of nitrogens with one attached hydrogen (secondary N) is 1. The number of ether oxygens (including phenoxy) is 2. The first kappa shape index (κ1) is 15.3.